The van der Waals surface area contributed by atoms with Crippen LogP contribution in [-0.2, 0) is 22.6 Å². The number of nitrogens with one attached hydrogen (secondary N) is 1. The number of hydrogen-bond donors (Lipinski definition) is 1. The van der Waals surface area contributed by atoms with E-state index in [1.54, 1.807) is 24.3 Å². The van der Waals surface area contributed by atoms with Crippen molar-refractivity contribution in [3.05, 3.63) is 102 Å². The van der Waals surface area contributed by atoms with E-state index in [2.05, 4.69) is 15.4 Å². The number of anilines is 1. The molecule has 0 radical (unpaired) electrons. The van der Waals surface area contributed by atoms with Crippen LogP contribution in [0.4, 0.5) is 23.2 Å². The second-order valence-electron chi connectivity index (χ2n) is 9.38. The number of benzene rings is 3. The van der Waals surface area contributed by atoms with Gasteiger partial charge in [0.15, 0.2) is 0 Å². The number of rotatable bonds is 8. The summed E-state index contributed by atoms with van der Waals surface area (Å²) in [7, 11) is 0. The van der Waals surface area contributed by atoms with Gasteiger partial charge in [0.25, 0.3) is 0 Å². The number of amides is 2. The summed E-state index contributed by atoms with van der Waals surface area (Å²) in [5.74, 6) is -3.93. The predicted molar refractivity (Wildman–Crippen MR) is 135 cm³/mol. The van der Waals surface area contributed by atoms with Gasteiger partial charge in [0.05, 0.1) is 0 Å². The summed E-state index contributed by atoms with van der Waals surface area (Å²) in [4.78, 5) is 31.6. The lowest BCUT2D eigenvalue weighted by Crippen LogP contribution is -2.44. The van der Waals surface area contributed by atoms with E-state index in [4.69, 9.17) is 4.74 Å². The monoisotopic (exact) mass is 553 g/mol. The maximum atomic E-state index is 14.3. The van der Waals surface area contributed by atoms with Crippen LogP contribution in [0.1, 0.15) is 12.0 Å². The molecule has 4 aromatic rings. The summed E-state index contributed by atoms with van der Waals surface area (Å²) in [6, 6.07) is 12.2. The Hall–Kier alpha value is -4.74. The minimum absolute atomic E-state index is 0.0618. The minimum atomic E-state index is -1.03. The lowest BCUT2D eigenvalue weighted by Gasteiger charge is -2.24. The molecule has 40 heavy (non-hydrogen) atoms. The molecule has 12 heteroatoms. The Kier molecular flexibility index (Phi) is 7.76. The Labute approximate surface area is 226 Å². The molecule has 5 rings (SSSR count). The molecule has 0 spiro atoms. The lowest BCUT2D eigenvalue weighted by atomic mass is 9.95. The highest BCUT2D eigenvalue weighted by atomic mass is 19.1. The molecule has 8 nitrogen and oxygen atoms in total. The number of likely N-dealkylation sites (tertiary alicyclic amines) is 1. The Morgan fingerprint density at radius 3 is 2.20 bits per heavy atom. The van der Waals surface area contributed by atoms with Crippen molar-refractivity contribution in [1.29, 1.82) is 0 Å². The van der Waals surface area contributed by atoms with Crippen molar-refractivity contribution in [1.82, 2.24) is 19.7 Å². The summed E-state index contributed by atoms with van der Waals surface area (Å²) >= 11 is 0. The van der Waals surface area contributed by atoms with Crippen LogP contribution >= 0.6 is 0 Å². The largest absolute Gasteiger partial charge is 0.457 e. The van der Waals surface area contributed by atoms with Gasteiger partial charge in [0, 0.05) is 29.9 Å². The molecule has 2 unspecified atom stereocenters. The standard InChI is InChI=1S/C28H23F4N5O3/c29-18-1-5-21(6-2-18)40-22-7-3-20(4-8-22)35-28(39)26-10-17(9-23-24(31)11-19(30)12-25(23)32)13-37(26)27(38)14-36-16-33-15-34-36/h1-8,11-12,15-17,26H,9-10,13-14H2,(H,35,39). The SMILES string of the molecule is O=C(Nc1ccc(Oc2ccc(F)cc2)cc1)C1CC(Cc2c(F)cc(F)cc2F)CN1C(=O)Cn1cncn1. The van der Waals surface area contributed by atoms with Crippen LogP contribution in [-0.4, -0.2) is 44.1 Å². The first-order valence-corrected chi connectivity index (χ1v) is 12.3. The normalized spacial score (nSPS) is 16.6. The van der Waals surface area contributed by atoms with Gasteiger partial charge in [-0.25, -0.2) is 27.2 Å². The van der Waals surface area contributed by atoms with Crippen LogP contribution in [0, 0.1) is 29.2 Å². The van der Waals surface area contributed by atoms with Gasteiger partial charge in [0.1, 0.15) is 60.0 Å². The van der Waals surface area contributed by atoms with Crippen LogP contribution < -0.4 is 10.1 Å². The summed E-state index contributed by atoms with van der Waals surface area (Å²) in [5, 5.41) is 6.69. The van der Waals surface area contributed by atoms with E-state index in [1.807, 2.05) is 0 Å². The van der Waals surface area contributed by atoms with Crippen molar-refractivity contribution >= 4 is 17.5 Å². The highest BCUT2D eigenvalue weighted by Crippen LogP contribution is 2.30. The van der Waals surface area contributed by atoms with Gasteiger partial charge >= 0.3 is 0 Å². The van der Waals surface area contributed by atoms with Crippen molar-refractivity contribution in [2.24, 2.45) is 5.92 Å². The zero-order valence-electron chi connectivity index (χ0n) is 20.9. The van der Waals surface area contributed by atoms with Gasteiger partial charge in [-0.3, -0.25) is 9.59 Å². The number of hydrogen-bond acceptors (Lipinski definition) is 5. The number of halogens is 4. The maximum Gasteiger partial charge on any atom is 0.247 e. The zero-order valence-corrected chi connectivity index (χ0v) is 20.9. The number of ether oxygens (including phenoxy) is 1. The molecule has 2 heterocycles. The molecule has 0 bridgehead atoms. The van der Waals surface area contributed by atoms with Crippen molar-refractivity contribution in [3.8, 4) is 11.5 Å². The highest BCUT2D eigenvalue weighted by molar-refractivity contribution is 5.97. The van der Waals surface area contributed by atoms with Crippen LogP contribution in [0.3, 0.4) is 0 Å². The summed E-state index contributed by atoms with van der Waals surface area (Å²) in [6.07, 6.45) is 2.65. The van der Waals surface area contributed by atoms with Crippen molar-refractivity contribution in [2.75, 3.05) is 11.9 Å². The molecule has 3 aromatic carbocycles. The highest BCUT2D eigenvalue weighted by Gasteiger charge is 2.40. The van der Waals surface area contributed by atoms with Gasteiger partial charge in [-0.05, 0) is 67.3 Å². The second-order valence-corrected chi connectivity index (χ2v) is 9.38. The smallest absolute Gasteiger partial charge is 0.247 e. The van der Waals surface area contributed by atoms with Crippen LogP contribution in [0.15, 0.2) is 73.3 Å². The van der Waals surface area contributed by atoms with Crippen molar-refractivity contribution in [2.45, 2.75) is 25.4 Å². The van der Waals surface area contributed by atoms with E-state index in [9.17, 15) is 27.2 Å². The topological polar surface area (TPSA) is 89.4 Å². The van der Waals surface area contributed by atoms with Gasteiger partial charge in [0.2, 0.25) is 11.8 Å². The first kappa shape index (κ1) is 26.9. The predicted octanol–water partition coefficient (Wildman–Crippen LogP) is 4.73. The molecule has 2 amide bonds. The Morgan fingerprint density at radius 1 is 0.925 bits per heavy atom. The van der Waals surface area contributed by atoms with E-state index in [1.165, 1.54) is 46.5 Å². The third kappa shape index (κ3) is 6.28. The fraction of sp³-hybridized carbons (Fsp3) is 0.214. The van der Waals surface area contributed by atoms with E-state index in [-0.39, 0.29) is 37.3 Å². The van der Waals surface area contributed by atoms with E-state index in [0.717, 1.165) is 0 Å². The number of carbonyl (C=O) groups is 2. The molecule has 0 aliphatic carbocycles. The Balaban J connectivity index is 1.29. The van der Waals surface area contributed by atoms with Gasteiger partial charge in [-0.2, -0.15) is 5.10 Å². The third-order valence-electron chi connectivity index (χ3n) is 6.54. The third-order valence-corrected chi connectivity index (χ3v) is 6.54. The number of carbonyl (C=O) groups excluding carboxylic acids is 2. The quantitative estimate of drug-likeness (QED) is 0.319. The van der Waals surface area contributed by atoms with Crippen LogP contribution in [0.5, 0.6) is 11.5 Å². The average Bonchev–Trinajstić information content (AvgIpc) is 3.59. The van der Waals surface area contributed by atoms with Crippen LogP contribution in [0.25, 0.3) is 0 Å². The second kappa shape index (κ2) is 11.6. The van der Waals surface area contributed by atoms with Gasteiger partial charge in [-0.15, -0.1) is 0 Å². The molecule has 2 atom stereocenters. The first-order valence-electron chi connectivity index (χ1n) is 12.3. The molecule has 1 aromatic heterocycles. The Morgan fingerprint density at radius 2 is 1.57 bits per heavy atom. The van der Waals surface area contributed by atoms with E-state index >= 15 is 0 Å². The zero-order chi connectivity index (χ0) is 28.2. The molecule has 0 saturated carbocycles. The minimum Gasteiger partial charge on any atom is -0.457 e. The fourth-order valence-corrected chi connectivity index (χ4v) is 4.67. The number of nitrogens with zero attached hydrogens (tertiary/aromatic N) is 4. The molecular weight excluding hydrogens is 530 g/mol. The maximum absolute atomic E-state index is 14.3. The molecule has 1 fully saturated rings. The molecule has 1 saturated heterocycles. The van der Waals surface area contributed by atoms with Crippen LogP contribution in [0.2, 0.25) is 0 Å². The van der Waals surface area contributed by atoms with E-state index in [0.29, 0.717) is 29.3 Å². The summed E-state index contributed by atoms with van der Waals surface area (Å²) in [5.41, 5.74) is 0.132. The Bertz CT molecular complexity index is 1470. The number of aromatic nitrogens is 3. The van der Waals surface area contributed by atoms with Crippen molar-refractivity contribution in [3.63, 3.8) is 0 Å². The molecular formula is C28H23F4N5O3. The molecule has 1 aliphatic rings. The molecule has 206 valence electrons. The summed E-state index contributed by atoms with van der Waals surface area (Å²) in [6.45, 7) is -0.114. The fourth-order valence-electron chi connectivity index (χ4n) is 4.67. The van der Waals surface area contributed by atoms with Crippen molar-refractivity contribution < 1.29 is 31.9 Å². The van der Waals surface area contributed by atoms with Gasteiger partial charge in [-0.1, -0.05) is 0 Å². The lowest BCUT2D eigenvalue weighted by molar-refractivity contribution is -0.137. The van der Waals surface area contributed by atoms with E-state index < -0.39 is 41.2 Å². The first-order chi connectivity index (χ1) is 19.2. The summed E-state index contributed by atoms with van der Waals surface area (Å²) < 4.78 is 62.1. The van der Waals surface area contributed by atoms with Gasteiger partial charge < -0.3 is 15.0 Å². The molecule has 1 N–H and O–H groups in total. The molecule has 1 aliphatic heterocycles. The average molecular weight is 554 g/mol.